The number of carbonyl (C=O) groups excluding carboxylic acids is 1. The fraction of sp³-hybridized carbons (Fsp3) is 0.286. The van der Waals surface area contributed by atoms with Gasteiger partial charge in [0, 0.05) is 30.6 Å². The molecule has 5 nitrogen and oxygen atoms in total. The predicted octanol–water partition coefficient (Wildman–Crippen LogP) is 0.998. The number of rotatable bonds is 3. The Bertz CT molecular complexity index is 689. The van der Waals surface area contributed by atoms with Crippen molar-refractivity contribution >= 4 is 16.8 Å². The third kappa shape index (κ3) is 2.66. The molecule has 100 valence electrons. The average Bonchev–Trinajstić information content (AvgIpc) is 2.36. The van der Waals surface area contributed by atoms with Crippen LogP contribution in [0.2, 0.25) is 0 Å². The number of hydrazine groups is 1. The molecule has 0 radical (unpaired) electrons. The van der Waals surface area contributed by atoms with Crippen molar-refractivity contribution in [3.8, 4) is 0 Å². The van der Waals surface area contributed by atoms with Crippen molar-refractivity contribution in [2.45, 2.75) is 26.8 Å². The zero-order valence-corrected chi connectivity index (χ0v) is 11.1. The molecule has 0 bridgehead atoms. The summed E-state index contributed by atoms with van der Waals surface area (Å²) in [5.41, 5.74) is 5.01. The summed E-state index contributed by atoms with van der Waals surface area (Å²) in [5, 5.41) is 0.709. The Balaban J connectivity index is 2.53. The number of carbonyl (C=O) groups is 1. The molecule has 1 aromatic carbocycles. The topological polar surface area (TPSA) is 77.1 Å². The van der Waals surface area contributed by atoms with E-state index in [4.69, 9.17) is 5.84 Å². The van der Waals surface area contributed by atoms with Gasteiger partial charge in [-0.3, -0.25) is 15.0 Å². The number of fused-ring (bicyclic) bond motifs is 1. The summed E-state index contributed by atoms with van der Waals surface area (Å²) in [6.07, 6.45) is 1.99. The highest BCUT2D eigenvalue weighted by Gasteiger charge is 2.07. The van der Waals surface area contributed by atoms with Crippen molar-refractivity contribution in [1.29, 1.82) is 0 Å². The van der Waals surface area contributed by atoms with E-state index in [9.17, 15) is 9.59 Å². The highest BCUT2D eigenvalue weighted by molar-refractivity contribution is 5.83. The van der Waals surface area contributed by atoms with Gasteiger partial charge in [-0.1, -0.05) is 6.07 Å². The number of benzene rings is 1. The monoisotopic (exact) mass is 259 g/mol. The van der Waals surface area contributed by atoms with Crippen LogP contribution in [0.15, 0.2) is 29.2 Å². The number of aryl methyl sites for hydroxylation is 3. The molecule has 2 aromatic rings. The lowest BCUT2D eigenvalue weighted by molar-refractivity contribution is -0.121. The minimum Gasteiger partial charge on any atom is -0.347 e. The Morgan fingerprint density at radius 3 is 2.79 bits per heavy atom. The molecule has 1 amide bonds. The van der Waals surface area contributed by atoms with Crippen molar-refractivity contribution < 1.29 is 4.79 Å². The molecule has 1 aromatic heterocycles. The Morgan fingerprint density at radius 2 is 2.11 bits per heavy atom. The van der Waals surface area contributed by atoms with E-state index < -0.39 is 0 Å². The molecule has 0 spiro atoms. The van der Waals surface area contributed by atoms with Crippen LogP contribution in [0.4, 0.5) is 0 Å². The molecule has 3 N–H and O–H groups in total. The van der Waals surface area contributed by atoms with Crippen LogP contribution in [0.25, 0.3) is 10.9 Å². The van der Waals surface area contributed by atoms with Crippen LogP contribution < -0.4 is 16.7 Å². The van der Waals surface area contributed by atoms with Gasteiger partial charge in [-0.05, 0) is 31.0 Å². The molecule has 5 heteroatoms. The molecule has 0 fully saturated rings. The van der Waals surface area contributed by atoms with Gasteiger partial charge in [-0.15, -0.1) is 0 Å². The highest BCUT2D eigenvalue weighted by Crippen LogP contribution is 2.17. The number of pyridine rings is 1. The predicted molar refractivity (Wildman–Crippen MR) is 74.6 cm³/mol. The average molecular weight is 259 g/mol. The van der Waals surface area contributed by atoms with Gasteiger partial charge in [0.05, 0.1) is 5.52 Å². The maximum absolute atomic E-state index is 11.9. The summed E-state index contributed by atoms with van der Waals surface area (Å²) < 4.78 is 1.91. The van der Waals surface area contributed by atoms with Crippen molar-refractivity contribution in [2.24, 2.45) is 5.84 Å². The Hall–Kier alpha value is -2.14. The zero-order chi connectivity index (χ0) is 14.0. The summed E-state index contributed by atoms with van der Waals surface area (Å²) in [6.45, 7) is 4.40. The van der Waals surface area contributed by atoms with Crippen molar-refractivity contribution in [2.75, 3.05) is 0 Å². The number of nitrogens with zero attached hydrogens (tertiary/aromatic N) is 1. The second-order valence-corrected chi connectivity index (χ2v) is 4.67. The quantitative estimate of drug-likeness (QED) is 0.490. The van der Waals surface area contributed by atoms with Gasteiger partial charge < -0.3 is 4.57 Å². The van der Waals surface area contributed by atoms with E-state index in [2.05, 4.69) is 5.43 Å². The number of nitrogens with two attached hydrogens (primary N) is 1. The molecular formula is C14H17N3O2. The number of hydrogen-bond acceptors (Lipinski definition) is 3. The third-order valence-corrected chi connectivity index (χ3v) is 3.16. The lowest BCUT2D eigenvalue weighted by Crippen LogP contribution is -2.30. The fourth-order valence-electron chi connectivity index (χ4n) is 2.30. The van der Waals surface area contributed by atoms with Crippen LogP contribution in [-0.4, -0.2) is 10.5 Å². The molecule has 19 heavy (non-hydrogen) atoms. The van der Waals surface area contributed by atoms with Crippen LogP contribution >= 0.6 is 0 Å². The number of aromatic nitrogens is 1. The molecule has 2 rings (SSSR count). The summed E-state index contributed by atoms with van der Waals surface area (Å²) in [4.78, 5) is 23.2. The van der Waals surface area contributed by atoms with Gasteiger partial charge in [-0.25, -0.2) is 5.84 Å². The van der Waals surface area contributed by atoms with Gasteiger partial charge in [0.2, 0.25) is 5.91 Å². The van der Waals surface area contributed by atoms with Crippen LogP contribution in [0.3, 0.4) is 0 Å². The zero-order valence-electron chi connectivity index (χ0n) is 11.1. The minimum absolute atomic E-state index is 0.00651. The largest absolute Gasteiger partial charge is 0.347 e. The Morgan fingerprint density at radius 1 is 1.37 bits per heavy atom. The second-order valence-electron chi connectivity index (χ2n) is 4.67. The lowest BCUT2D eigenvalue weighted by Gasteiger charge is -2.12. The van der Waals surface area contributed by atoms with Crippen molar-refractivity contribution in [3.05, 3.63) is 45.7 Å². The Kier molecular flexibility index (Phi) is 3.66. The van der Waals surface area contributed by atoms with Crippen molar-refractivity contribution in [3.63, 3.8) is 0 Å². The SMILES string of the molecule is Cc1cc(C)c2c(=O)ccn(CCC(=O)NN)c2c1. The molecule has 0 saturated heterocycles. The van der Waals surface area contributed by atoms with Crippen LogP contribution in [0.1, 0.15) is 17.5 Å². The normalized spacial score (nSPS) is 10.7. The first-order valence-electron chi connectivity index (χ1n) is 6.13. The number of hydrogen-bond donors (Lipinski definition) is 2. The van der Waals surface area contributed by atoms with E-state index in [1.807, 2.05) is 30.5 Å². The van der Waals surface area contributed by atoms with Gasteiger partial charge in [0.15, 0.2) is 5.43 Å². The van der Waals surface area contributed by atoms with Gasteiger partial charge in [-0.2, -0.15) is 0 Å². The van der Waals surface area contributed by atoms with Crippen LogP contribution in [0.5, 0.6) is 0 Å². The molecule has 0 saturated carbocycles. The van der Waals surface area contributed by atoms with E-state index >= 15 is 0 Å². The van der Waals surface area contributed by atoms with E-state index in [0.717, 1.165) is 16.6 Å². The summed E-state index contributed by atoms with van der Waals surface area (Å²) in [6, 6.07) is 5.48. The number of nitrogens with one attached hydrogen (secondary N) is 1. The van der Waals surface area contributed by atoms with Gasteiger partial charge >= 0.3 is 0 Å². The van der Waals surface area contributed by atoms with E-state index in [1.54, 1.807) is 6.20 Å². The molecule has 0 unspecified atom stereocenters. The second kappa shape index (κ2) is 5.24. The minimum atomic E-state index is -0.226. The maximum atomic E-state index is 11.9. The van der Waals surface area contributed by atoms with Gasteiger partial charge in [0.1, 0.15) is 0 Å². The highest BCUT2D eigenvalue weighted by atomic mass is 16.2. The van der Waals surface area contributed by atoms with Gasteiger partial charge in [0.25, 0.3) is 0 Å². The molecule has 0 atom stereocenters. The molecule has 0 aliphatic carbocycles. The molecule has 0 aliphatic heterocycles. The maximum Gasteiger partial charge on any atom is 0.235 e. The first kappa shape index (κ1) is 13.3. The van der Waals surface area contributed by atoms with E-state index in [1.165, 1.54) is 6.07 Å². The summed E-state index contributed by atoms with van der Waals surface area (Å²) in [7, 11) is 0. The van der Waals surface area contributed by atoms with Crippen LogP contribution in [0, 0.1) is 13.8 Å². The Labute approximate surface area is 111 Å². The van der Waals surface area contributed by atoms with E-state index in [-0.39, 0.29) is 17.8 Å². The molecule has 0 aliphatic rings. The fourth-order valence-corrected chi connectivity index (χ4v) is 2.30. The first-order valence-corrected chi connectivity index (χ1v) is 6.13. The third-order valence-electron chi connectivity index (χ3n) is 3.16. The smallest absolute Gasteiger partial charge is 0.235 e. The number of amides is 1. The van der Waals surface area contributed by atoms with Crippen molar-refractivity contribution in [1.82, 2.24) is 9.99 Å². The standard InChI is InChI=1S/C14H17N3O2/c1-9-7-10(2)14-11(8-9)17(5-3-12(14)18)6-4-13(19)16-15/h3,5,7-8H,4,6,15H2,1-2H3,(H,16,19). The lowest BCUT2D eigenvalue weighted by atomic mass is 10.1. The van der Waals surface area contributed by atoms with Crippen LogP contribution in [-0.2, 0) is 11.3 Å². The molecule has 1 heterocycles. The van der Waals surface area contributed by atoms with E-state index in [0.29, 0.717) is 11.9 Å². The molecular weight excluding hydrogens is 242 g/mol. The summed E-state index contributed by atoms with van der Waals surface area (Å²) >= 11 is 0. The first-order chi connectivity index (χ1) is 9.02. The summed E-state index contributed by atoms with van der Waals surface area (Å²) in [5.74, 6) is 4.84.